The first kappa shape index (κ1) is 26.2. The van der Waals surface area contributed by atoms with E-state index in [2.05, 4.69) is 27.2 Å². The highest BCUT2D eigenvalue weighted by molar-refractivity contribution is 6.32. The highest BCUT2D eigenvalue weighted by atomic mass is 35.5. The molecule has 0 spiro atoms. The second-order valence-corrected chi connectivity index (χ2v) is 9.70. The monoisotopic (exact) mass is 541 g/mol. The minimum absolute atomic E-state index is 0.0655. The Morgan fingerprint density at radius 3 is 2.54 bits per heavy atom. The molecule has 2 N–H and O–H groups in total. The van der Waals surface area contributed by atoms with E-state index < -0.39 is 0 Å². The van der Waals surface area contributed by atoms with Crippen LogP contribution >= 0.6 is 11.6 Å². The van der Waals surface area contributed by atoms with Crippen molar-refractivity contribution < 1.29 is 14.3 Å². The summed E-state index contributed by atoms with van der Waals surface area (Å²) in [5, 5.41) is 7.54. The summed E-state index contributed by atoms with van der Waals surface area (Å²) in [6, 6.07) is 20.9. The first-order valence-electron chi connectivity index (χ1n) is 12.7. The summed E-state index contributed by atoms with van der Waals surface area (Å²) < 4.78 is 5.87. The van der Waals surface area contributed by atoms with Crippen molar-refractivity contribution in [3.63, 3.8) is 0 Å². The van der Waals surface area contributed by atoms with Gasteiger partial charge in [-0.1, -0.05) is 48.5 Å². The molecule has 1 fully saturated rings. The molecule has 4 aromatic rings. The number of piperidine rings is 1. The van der Waals surface area contributed by atoms with Crippen molar-refractivity contribution in [1.82, 2.24) is 14.9 Å². The van der Waals surface area contributed by atoms with Gasteiger partial charge in [0.05, 0.1) is 10.5 Å². The van der Waals surface area contributed by atoms with Gasteiger partial charge in [-0.25, -0.2) is 9.97 Å². The van der Waals surface area contributed by atoms with E-state index in [1.54, 1.807) is 11.0 Å². The zero-order chi connectivity index (χ0) is 27.2. The number of anilines is 3. The van der Waals surface area contributed by atoms with E-state index in [1.165, 1.54) is 12.4 Å². The van der Waals surface area contributed by atoms with Gasteiger partial charge in [-0.3, -0.25) is 9.59 Å². The topological polar surface area (TPSA) is 96.5 Å². The van der Waals surface area contributed by atoms with Gasteiger partial charge in [-0.2, -0.15) is 0 Å². The second kappa shape index (κ2) is 12.0. The minimum atomic E-state index is -0.163. The molecular weight excluding hydrogens is 514 g/mol. The predicted octanol–water partition coefficient (Wildman–Crippen LogP) is 5.97. The lowest BCUT2D eigenvalue weighted by molar-refractivity contribution is -0.130. The van der Waals surface area contributed by atoms with Gasteiger partial charge in [-0.05, 0) is 60.9 Å². The van der Waals surface area contributed by atoms with Crippen molar-refractivity contribution >= 4 is 51.5 Å². The molecule has 5 rings (SSSR count). The normalized spacial score (nSPS) is 13.6. The van der Waals surface area contributed by atoms with Crippen molar-refractivity contribution in [2.75, 3.05) is 23.7 Å². The third kappa shape index (κ3) is 6.35. The number of halogens is 1. The van der Waals surface area contributed by atoms with Gasteiger partial charge in [0.1, 0.15) is 24.5 Å². The van der Waals surface area contributed by atoms with E-state index in [0.717, 1.165) is 22.2 Å². The third-order valence-electron chi connectivity index (χ3n) is 6.69. The SMILES string of the molecule is C=CC(=O)N1CCC(C(=O)Nc2ccc3ncnc(Nc4ccc(OCc5ccccc5)c(Cl)c4)c3c2)CC1. The highest BCUT2D eigenvalue weighted by Gasteiger charge is 2.26. The summed E-state index contributed by atoms with van der Waals surface area (Å²) in [5.74, 6) is 0.844. The Labute approximate surface area is 231 Å². The van der Waals surface area contributed by atoms with Crippen molar-refractivity contribution in [3.05, 3.63) is 96.3 Å². The number of amides is 2. The second-order valence-electron chi connectivity index (χ2n) is 9.29. The van der Waals surface area contributed by atoms with E-state index in [9.17, 15) is 9.59 Å². The first-order valence-corrected chi connectivity index (χ1v) is 13.1. The summed E-state index contributed by atoms with van der Waals surface area (Å²) in [6.45, 7) is 5.04. The number of hydrogen-bond acceptors (Lipinski definition) is 6. The summed E-state index contributed by atoms with van der Waals surface area (Å²) in [6.07, 6.45) is 4.02. The molecule has 1 aliphatic heterocycles. The molecule has 0 bridgehead atoms. The quantitative estimate of drug-likeness (QED) is 0.267. The average molecular weight is 542 g/mol. The fourth-order valence-electron chi connectivity index (χ4n) is 4.54. The minimum Gasteiger partial charge on any atom is -0.487 e. The van der Waals surface area contributed by atoms with Gasteiger partial charge in [0.2, 0.25) is 11.8 Å². The van der Waals surface area contributed by atoms with Crippen LogP contribution in [0.5, 0.6) is 5.75 Å². The Morgan fingerprint density at radius 2 is 1.79 bits per heavy atom. The number of nitrogens with one attached hydrogen (secondary N) is 2. The Morgan fingerprint density at radius 1 is 1.03 bits per heavy atom. The van der Waals surface area contributed by atoms with Gasteiger partial charge < -0.3 is 20.3 Å². The number of ether oxygens (including phenoxy) is 1. The lowest BCUT2D eigenvalue weighted by atomic mass is 9.95. The number of rotatable bonds is 8. The Bertz CT molecular complexity index is 1500. The molecule has 1 saturated heterocycles. The van der Waals surface area contributed by atoms with Crippen LogP contribution in [0.15, 0.2) is 85.7 Å². The molecule has 0 unspecified atom stereocenters. The van der Waals surface area contributed by atoms with Crippen LogP contribution in [0.1, 0.15) is 18.4 Å². The first-order chi connectivity index (χ1) is 19.0. The Balaban J connectivity index is 1.26. The number of carbonyl (C=O) groups excluding carboxylic acids is 2. The molecule has 9 heteroatoms. The van der Waals surface area contributed by atoms with E-state index in [4.69, 9.17) is 16.3 Å². The van der Waals surface area contributed by atoms with Gasteiger partial charge in [0.15, 0.2) is 0 Å². The number of nitrogens with zero attached hydrogens (tertiary/aromatic N) is 3. The molecule has 0 atom stereocenters. The lowest BCUT2D eigenvalue weighted by Gasteiger charge is -2.30. The number of carbonyl (C=O) groups is 2. The fraction of sp³-hybridized carbons (Fsp3) is 0.200. The lowest BCUT2D eigenvalue weighted by Crippen LogP contribution is -2.40. The molecule has 0 aliphatic carbocycles. The number of hydrogen-bond donors (Lipinski definition) is 2. The molecule has 0 radical (unpaired) electrons. The number of benzene rings is 3. The van der Waals surface area contributed by atoms with E-state index in [0.29, 0.717) is 54.8 Å². The summed E-state index contributed by atoms with van der Waals surface area (Å²) in [5.41, 5.74) is 3.18. The molecule has 198 valence electrons. The van der Waals surface area contributed by atoms with Crippen molar-refractivity contribution in [2.45, 2.75) is 19.4 Å². The summed E-state index contributed by atoms with van der Waals surface area (Å²) in [7, 11) is 0. The number of aromatic nitrogens is 2. The highest BCUT2D eigenvalue weighted by Crippen LogP contribution is 2.32. The number of fused-ring (bicyclic) bond motifs is 1. The van der Waals surface area contributed by atoms with Crippen LogP contribution < -0.4 is 15.4 Å². The fourth-order valence-corrected chi connectivity index (χ4v) is 4.77. The Kier molecular flexibility index (Phi) is 8.03. The predicted molar refractivity (Wildman–Crippen MR) is 153 cm³/mol. The van der Waals surface area contributed by atoms with Crippen molar-refractivity contribution in [1.29, 1.82) is 0 Å². The molecule has 0 saturated carbocycles. The van der Waals surface area contributed by atoms with Crippen LogP contribution in [0.3, 0.4) is 0 Å². The van der Waals surface area contributed by atoms with Crippen LogP contribution in [0.4, 0.5) is 17.2 Å². The molecule has 39 heavy (non-hydrogen) atoms. The molecule has 2 heterocycles. The standard InChI is InChI=1S/C30H28ClN5O3/c1-2-28(37)36-14-12-21(13-15-36)30(38)35-22-8-10-26-24(16-22)29(33-19-32-26)34-23-9-11-27(25(31)17-23)39-18-20-6-4-3-5-7-20/h2-11,16-17,19,21H,1,12-15,18H2,(H,35,38)(H,32,33,34). The van der Waals surface area contributed by atoms with Gasteiger partial charge in [0.25, 0.3) is 0 Å². The molecule has 1 aromatic heterocycles. The van der Waals surface area contributed by atoms with E-state index in [-0.39, 0.29) is 17.7 Å². The molecule has 8 nitrogen and oxygen atoms in total. The molecular formula is C30H28ClN5O3. The smallest absolute Gasteiger partial charge is 0.245 e. The zero-order valence-corrected chi connectivity index (χ0v) is 22.0. The zero-order valence-electron chi connectivity index (χ0n) is 21.3. The van der Waals surface area contributed by atoms with Crippen LogP contribution in [-0.2, 0) is 16.2 Å². The maximum Gasteiger partial charge on any atom is 0.245 e. The van der Waals surface area contributed by atoms with Crippen LogP contribution in [0, 0.1) is 5.92 Å². The maximum absolute atomic E-state index is 12.9. The molecule has 1 aliphatic rings. The maximum atomic E-state index is 12.9. The largest absolute Gasteiger partial charge is 0.487 e. The molecule has 2 amide bonds. The van der Waals surface area contributed by atoms with Crippen LogP contribution in [0.2, 0.25) is 5.02 Å². The van der Waals surface area contributed by atoms with Crippen LogP contribution in [-0.4, -0.2) is 39.8 Å². The Hall–Kier alpha value is -4.43. The summed E-state index contributed by atoms with van der Waals surface area (Å²) >= 11 is 6.50. The third-order valence-corrected chi connectivity index (χ3v) is 6.98. The van der Waals surface area contributed by atoms with Crippen molar-refractivity contribution in [3.8, 4) is 5.75 Å². The van der Waals surface area contributed by atoms with E-state index in [1.807, 2.05) is 60.7 Å². The van der Waals surface area contributed by atoms with Gasteiger partial charge in [0, 0.05) is 35.8 Å². The van der Waals surface area contributed by atoms with Gasteiger partial charge >= 0.3 is 0 Å². The van der Waals surface area contributed by atoms with E-state index >= 15 is 0 Å². The van der Waals surface area contributed by atoms with Crippen LogP contribution in [0.25, 0.3) is 10.9 Å². The summed E-state index contributed by atoms with van der Waals surface area (Å²) in [4.78, 5) is 35.2. The molecule has 3 aromatic carbocycles. The van der Waals surface area contributed by atoms with Gasteiger partial charge in [-0.15, -0.1) is 0 Å². The average Bonchev–Trinajstić information content (AvgIpc) is 2.97. The van der Waals surface area contributed by atoms with Crippen molar-refractivity contribution in [2.24, 2.45) is 5.92 Å². The number of likely N-dealkylation sites (tertiary alicyclic amines) is 1.